The molecule has 0 bridgehead atoms. The number of carbonyl (C=O) groups is 1. The molecule has 1 aromatic carbocycles. The Hall–Kier alpha value is -0.770. The SMILES string of the molecule is CN(C)C(=O)CSC1=NC2CS(=O)(=O)CC2N1c1ccc(Br)cc1Cl. The van der Waals surface area contributed by atoms with E-state index in [9.17, 15) is 13.2 Å². The molecule has 2 aliphatic heterocycles. The molecule has 0 radical (unpaired) electrons. The molecular weight excluding hydrogens is 450 g/mol. The third-order valence-electron chi connectivity index (χ3n) is 4.10. The summed E-state index contributed by atoms with van der Waals surface area (Å²) in [5.41, 5.74) is 0.706. The zero-order valence-electron chi connectivity index (χ0n) is 13.6. The molecule has 1 saturated heterocycles. The topological polar surface area (TPSA) is 70.0 Å². The van der Waals surface area contributed by atoms with Gasteiger partial charge in [0.25, 0.3) is 0 Å². The van der Waals surface area contributed by atoms with E-state index in [4.69, 9.17) is 11.6 Å². The van der Waals surface area contributed by atoms with Gasteiger partial charge in [-0.05, 0) is 18.2 Å². The van der Waals surface area contributed by atoms with Gasteiger partial charge in [0.1, 0.15) is 0 Å². The van der Waals surface area contributed by atoms with Gasteiger partial charge < -0.3 is 9.80 Å². The number of carbonyl (C=O) groups excluding carboxylic acids is 1. The zero-order valence-corrected chi connectivity index (χ0v) is 17.6. The maximum Gasteiger partial charge on any atom is 0.232 e. The van der Waals surface area contributed by atoms with Gasteiger partial charge in [-0.3, -0.25) is 9.79 Å². The third kappa shape index (κ3) is 3.99. The number of halogens is 2. The average molecular weight is 467 g/mol. The predicted molar refractivity (Wildman–Crippen MR) is 106 cm³/mol. The smallest absolute Gasteiger partial charge is 0.232 e. The molecule has 25 heavy (non-hydrogen) atoms. The molecule has 0 aliphatic carbocycles. The molecule has 0 saturated carbocycles. The molecule has 0 aromatic heterocycles. The lowest BCUT2D eigenvalue weighted by Gasteiger charge is -2.27. The standard InChI is InChI=1S/C15H17BrClN3O3S2/c1-19(2)14(21)6-24-15-18-11-7-25(22,23)8-13(11)20(15)12-4-3-9(16)5-10(12)17/h3-5,11,13H,6-8H2,1-2H3. The van der Waals surface area contributed by atoms with Gasteiger partial charge >= 0.3 is 0 Å². The van der Waals surface area contributed by atoms with Crippen LogP contribution in [0.4, 0.5) is 5.69 Å². The van der Waals surface area contributed by atoms with Crippen LogP contribution in [0.1, 0.15) is 0 Å². The summed E-state index contributed by atoms with van der Waals surface area (Å²) in [4.78, 5) is 19.9. The summed E-state index contributed by atoms with van der Waals surface area (Å²) in [5.74, 6) is 0.287. The van der Waals surface area contributed by atoms with Crippen molar-refractivity contribution >= 4 is 65.9 Å². The van der Waals surface area contributed by atoms with Gasteiger partial charge in [0.05, 0.1) is 40.1 Å². The average Bonchev–Trinajstić information content (AvgIpc) is 2.96. The van der Waals surface area contributed by atoms with E-state index in [1.54, 1.807) is 20.2 Å². The Morgan fingerprint density at radius 3 is 2.80 bits per heavy atom. The fourth-order valence-electron chi connectivity index (χ4n) is 2.85. The van der Waals surface area contributed by atoms with Crippen molar-refractivity contribution in [1.29, 1.82) is 0 Å². The lowest BCUT2D eigenvalue weighted by atomic mass is 10.1. The van der Waals surface area contributed by atoms with E-state index >= 15 is 0 Å². The lowest BCUT2D eigenvalue weighted by Crippen LogP contribution is -2.39. The zero-order chi connectivity index (χ0) is 18.4. The quantitative estimate of drug-likeness (QED) is 0.683. The summed E-state index contributed by atoms with van der Waals surface area (Å²) in [6, 6.07) is 4.86. The molecule has 1 amide bonds. The van der Waals surface area contributed by atoms with Gasteiger partial charge in [0.2, 0.25) is 5.91 Å². The van der Waals surface area contributed by atoms with Gasteiger partial charge in [-0.15, -0.1) is 0 Å². The summed E-state index contributed by atoms with van der Waals surface area (Å²) in [7, 11) is 0.276. The predicted octanol–water partition coefficient (Wildman–Crippen LogP) is 2.27. The van der Waals surface area contributed by atoms with Crippen LogP contribution < -0.4 is 4.90 Å². The molecule has 136 valence electrons. The molecule has 2 aliphatic rings. The van der Waals surface area contributed by atoms with Gasteiger partial charge in [-0.1, -0.05) is 39.3 Å². The van der Waals surface area contributed by atoms with Crippen molar-refractivity contribution in [2.24, 2.45) is 4.99 Å². The molecule has 0 N–H and O–H groups in total. The molecule has 2 atom stereocenters. The fraction of sp³-hybridized carbons (Fsp3) is 0.467. The first-order chi connectivity index (χ1) is 11.7. The first kappa shape index (κ1) is 19.0. The van der Waals surface area contributed by atoms with Crippen molar-refractivity contribution in [2.75, 3.05) is 36.3 Å². The summed E-state index contributed by atoms with van der Waals surface area (Å²) < 4.78 is 24.9. The van der Waals surface area contributed by atoms with E-state index in [1.165, 1.54) is 16.7 Å². The second-order valence-corrected chi connectivity index (χ2v) is 10.6. The first-order valence-corrected chi connectivity index (χ1v) is 11.5. The number of amides is 1. The number of fused-ring (bicyclic) bond motifs is 1. The van der Waals surface area contributed by atoms with Crippen LogP contribution in [0, 0.1) is 0 Å². The molecular formula is C15H17BrClN3O3S2. The minimum absolute atomic E-state index is 0.0285. The van der Waals surface area contributed by atoms with Crippen LogP contribution in [0.15, 0.2) is 27.7 Å². The van der Waals surface area contributed by atoms with Crippen molar-refractivity contribution in [3.05, 3.63) is 27.7 Å². The monoisotopic (exact) mass is 465 g/mol. The number of nitrogens with zero attached hydrogens (tertiary/aromatic N) is 3. The first-order valence-electron chi connectivity index (χ1n) is 7.53. The molecule has 1 aromatic rings. The van der Waals surface area contributed by atoms with Crippen molar-refractivity contribution < 1.29 is 13.2 Å². The highest BCUT2D eigenvalue weighted by Crippen LogP contribution is 2.39. The van der Waals surface area contributed by atoms with Crippen LogP contribution in [-0.4, -0.2) is 67.8 Å². The largest absolute Gasteiger partial charge is 0.348 e. The minimum Gasteiger partial charge on any atom is -0.348 e. The third-order valence-corrected chi connectivity index (χ3v) is 7.55. The van der Waals surface area contributed by atoms with Crippen LogP contribution in [-0.2, 0) is 14.6 Å². The van der Waals surface area contributed by atoms with E-state index in [0.29, 0.717) is 15.9 Å². The van der Waals surface area contributed by atoms with E-state index in [1.807, 2.05) is 17.0 Å². The number of anilines is 1. The van der Waals surface area contributed by atoms with E-state index in [-0.39, 0.29) is 35.2 Å². The number of benzene rings is 1. The van der Waals surface area contributed by atoms with Gasteiger partial charge in [0, 0.05) is 18.6 Å². The Labute approximate surface area is 164 Å². The molecule has 6 nitrogen and oxygen atoms in total. The number of aliphatic imine (C=N–C) groups is 1. The van der Waals surface area contributed by atoms with E-state index < -0.39 is 9.84 Å². The molecule has 10 heteroatoms. The van der Waals surface area contributed by atoms with Gasteiger partial charge in [-0.2, -0.15) is 0 Å². The van der Waals surface area contributed by atoms with Crippen LogP contribution >= 0.6 is 39.3 Å². The lowest BCUT2D eigenvalue weighted by molar-refractivity contribution is -0.125. The van der Waals surface area contributed by atoms with E-state index in [0.717, 1.165) is 4.47 Å². The summed E-state index contributed by atoms with van der Waals surface area (Å²) >= 11 is 11.1. The molecule has 3 rings (SSSR count). The number of rotatable bonds is 3. The summed E-state index contributed by atoms with van der Waals surface area (Å²) in [6.45, 7) is 0. The Kier molecular flexibility index (Phi) is 5.39. The Balaban J connectivity index is 1.93. The van der Waals surface area contributed by atoms with E-state index in [2.05, 4.69) is 20.9 Å². The van der Waals surface area contributed by atoms with Gasteiger partial charge in [-0.25, -0.2) is 8.42 Å². The Morgan fingerprint density at radius 2 is 2.16 bits per heavy atom. The summed E-state index contributed by atoms with van der Waals surface area (Å²) in [6.07, 6.45) is 0. The van der Waals surface area contributed by atoms with Crippen LogP contribution in [0.2, 0.25) is 5.02 Å². The Morgan fingerprint density at radius 1 is 1.44 bits per heavy atom. The maximum absolute atomic E-state index is 12.0. The van der Waals surface area contributed by atoms with Crippen LogP contribution in [0.3, 0.4) is 0 Å². The van der Waals surface area contributed by atoms with Crippen LogP contribution in [0.25, 0.3) is 0 Å². The molecule has 0 spiro atoms. The molecule has 2 unspecified atom stereocenters. The van der Waals surface area contributed by atoms with Gasteiger partial charge in [0.15, 0.2) is 15.0 Å². The number of sulfone groups is 1. The summed E-state index contributed by atoms with van der Waals surface area (Å²) in [5, 5.41) is 1.15. The maximum atomic E-state index is 12.0. The van der Waals surface area contributed by atoms with Crippen molar-refractivity contribution in [3.63, 3.8) is 0 Å². The number of thioether (sulfide) groups is 1. The minimum atomic E-state index is -3.12. The van der Waals surface area contributed by atoms with Crippen molar-refractivity contribution in [3.8, 4) is 0 Å². The number of amidine groups is 1. The Bertz CT molecular complexity index is 844. The number of hydrogen-bond donors (Lipinski definition) is 0. The highest BCUT2D eigenvalue weighted by atomic mass is 79.9. The normalized spacial score (nSPS) is 24.2. The highest BCUT2D eigenvalue weighted by molar-refractivity contribution is 9.10. The highest BCUT2D eigenvalue weighted by Gasteiger charge is 2.47. The molecule has 2 heterocycles. The second kappa shape index (κ2) is 7.09. The van der Waals surface area contributed by atoms with Crippen LogP contribution in [0.5, 0.6) is 0 Å². The number of hydrogen-bond acceptors (Lipinski definition) is 6. The molecule has 1 fully saturated rings. The fourth-order valence-corrected chi connectivity index (χ4v) is 6.55. The van der Waals surface area contributed by atoms with Crippen molar-refractivity contribution in [1.82, 2.24) is 4.90 Å². The van der Waals surface area contributed by atoms with Crippen molar-refractivity contribution in [2.45, 2.75) is 12.1 Å². The second-order valence-electron chi connectivity index (χ2n) is 6.17.